The Morgan fingerprint density at radius 2 is 2.04 bits per heavy atom. The second-order valence-electron chi connectivity index (χ2n) is 7.15. The first-order valence-corrected chi connectivity index (χ1v) is 9.20. The number of fused-ring (bicyclic) bond motifs is 1. The Morgan fingerprint density at radius 3 is 2.68 bits per heavy atom. The molecule has 4 rings (SSSR count). The molecule has 2 heterocycles. The molecular weight excluding hydrogens is 336 g/mol. The van der Waals surface area contributed by atoms with Crippen molar-refractivity contribution in [2.45, 2.75) is 51.4 Å². The van der Waals surface area contributed by atoms with Crippen LogP contribution in [0, 0.1) is 6.92 Å². The molecule has 1 saturated carbocycles. The molecule has 1 amide bonds. The van der Waals surface area contributed by atoms with Crippen molar-refractivity contribution in [2.75, 3.05) is 0 Å². The van der Waals surface area contributed by atoms with Gasteiger partial charge in [0.15, 0.2) is 0 Å². The number of nitrogens with zero attached hydrogens (tertiary/aromatic N) is 3. The lowest BCUT2D eigenvalue weighted by Crippen LogP contribution is -2.50. The fraction of sp³-hybridized carbons (Fsp3) is 0.474. The van der Waals surface area contributed by atoms with E-state index in [2.05, 4.69) is 33.5 Å². The lowest BCUT2D eigenvalue weighted by atomic mass is 9.93. The van der Waals surface area contributed by atoms with Gasteiger partial charge >= 0.3 is 0 Å². The summed E-state index contributed by atoms with van der Waals surface area (Å²) < 4.78 is 1.80. The molecule has 0 spiro atoms. The van der Waals surface area contributed by atoms with Gasteiger partial charge in [-0.1, -0.05) is 35.9 Å². The van der Waals surface area contributed by atoms with Gasteiger partial charge in [0, 0.05) is 26.2 Å². The van der Waals surface area contributed by atoms with Crippen LogP contribution in [0.1, 0.15) is 35.4 Å². The van der Waals surface area contributed by atoms with E-state index in [1.165, 1.54) is 11.1 Å². The van der Waals surface area contributed by atoms with Crippen LogP contribution in [-0.4, -0.2) is 32.7 Å². The molecule has 0 saturated heterocycles. The summed E-state index contributed by atoms with van der Waals surface area (Å²) >= 11 is 6.44. The third kappa shape index (κ3) is 3.31. The van der Waals surface area contributed by atoms with Crippen LogP contribution in [0.15, 0.2) is 24.3 Å². The van der Waals surface area contributed by atoms with Gasteiger partial charge in [-0.15, -0.1) is 0 Å². The molecule has 2 aliphatic rings. The Balaban J connectivity index is 1.61. The van der Waals surface area contributed by atoms with Crippen molar-refractivity contribution in [1.29, 1.82) is 0 Å². The number of carbonyl (C=O) groups excluding carboxylic acids is 1. The molecular formula is C19H23ClN4O. The number of aromatic nitrogens is 2. The van der Waals surface area contributed by atoms with Crippen LogP contribution in [0.5, 0.6) is 0 Å². The SMILES string of the molecule is Cc1c(Cl)c(CN2Cc3ccccc3C[C@@H]2C(=O)NC2CC2)nn1C. The molecule has 5 nitrogen and oxygen atoms in total. The molecule has 1 aliphatic heterocycles. The van der Waals surface area contributed by atoms with Gasteiger partial charge < -0.3 is 5.32 Å². The summed E-state index contributed by atoms with van der Waals surface area (Å²) in [4.78, 5) is 15.0. The van der Waals surface area contributed by atoms with Crippen molar-refractivity contribution in [3.05, 3.63) is 51.8 Å². The summed E-state index contributed by atoms with van der Waals surface area (Å²) in [6.07, 6.45) is 2.93. The zero-order chi connectivity index (χ0) is 17.6. The van der Waals surface area contributed by atoms with Crippen LogP contribution >= 0.6 is 11.6 Å². The van der Waals surface area contributed by atoms with Crippen LogP contribution in [0.25, 0.3) is 0 Å². The van der Waals surface area contributed by atoms with Gasteiger partial charge in [0.05, 0.1) is 22.5 Å². The van der Waals surface area contributed by atoms with E-state index in [4.69, 9.17) is 11.6 Å². The molecule has 6 heteroatoms. The number of aryl methyl sites for hydroxylation is 1. The minimum Gasteiger partial charge on any atom is -0.352 e. The lowest BCUT2D eigenvalue weighted by molar-refractivity contribution is -0.127. The first-order chi connectivity index (χ1) is 12.0. The van der Waals surface area contributed by atoms with Gasteiger partial charge in [0.2, 0.25) is 5.91 Å². The maximum absolute atomic E-state index is 12.8. The molecule has 25 heavy (non-hydrogen) atoms. The number of amides is 1. The van der Waals surface area contributed by atoms with E-state index in [9.17, 15) is 4.79 Å². The third-order valence-electron chi connectivity index (χ3n) is 5.25. The average Bonchev–Trinajstić information content (AvgIpc) is 3.39. The maximum atomic E-state index is 12.8. The monoisotopic (exact) mass is 358 g/mol. The molecule has 0 unspecified atom stereocenters. The summed E-state index contributed by atoms with van der Waals surface area (Å²) in [5.74, 6) is 0.126. The lowest BCUT2D eigenvalue weighted by Gasteiger charge is -2.35. The van der Waals surface area contributed by atoms with Crippen molar-refractivity contribution >= 4 is 17.5 Å². The van der Waals surface area contributed by atoms with Crippen molar-refractivity contribution < 1.29 is 4.79 Å². The van der Waals surface area contributed by atoms with Gasteiger partial charge in [-0.25, -0.2) is 0 Å². The highest BCUT2D eigenvalue weighted by atomic mass is 35.5. The van der Waals surface area contributed by atoms with E-state index < -0.39 is 0 Å². The summed E-state index contributed by atoms with van der Waals surface area (Å²) in [6.45, 7) is 3.28. The number of carbonyl (C=O) groups is 1. The molecule has 1 aromatic carbocycles. The number of nitrogens with one attached hydrogen (secondary N) is 1. The molecule has 1 aliphatic carbocycles. The molecule has 0 radical (unpaired) electrons. The predicted molar refractivity (Wildman–Crippen MR) is 97.3 cm³/mol. The highest BCUT2D eigenvalue weighted by Crippen LogP contribution is 2.28. The van der Waals surface area contributed by atoms with Crippen molar-refractivity contribution in [3.63, 3.8) is 0 Å². The first kappa shape index (κ1) is 16.6. The smallest absolute Gasteiger partial charge is 0.237 e. The second kappa shape index (κ2) is 6.46. The molecule has 0 bridgehead atoms. The van der Waals surface area contributed by atoms with Crippen LogP contribution in [-0.2, 0) is 31.4 Å². The highest BCUT2D eigenvalue weighted by molar-refractivity contribution is 6.31. The highest BCUT2D eigenvalue weighted by Gasteiger charge is 2.35. The second-order valence-corrected chi connectivity index (χ2v) is 7.52. The van der Waals surface area contributed by atoms with Crippen molar-refractivity contribution in [3.8, 4) is 0 Å². The summed E-state index contributed by atoms with van der Waals surface area (Å²) in [6, 6.07) is 8.56. The third-order valence-corrected chi connectivity index (χ3v) is 5.74. The number of hydrogen-bond donors (Lipinski definition) is 1. The van der Waals surface area contributed by atoms with E-state index in [0.29, 0.717) is 17.6 Å². The van der Waals surface area contributed by atoms with Gasteiger partial charge in [-0.05, 0) is 37.3 Å². The van der Waals surface area contributed by atoms with E-state index in [0.717, 1.165) is 37.2 Å². The predicted octanol–water partition coefficient (Wildman–Crippen LogP) is 2.59. The molecule has 1 atom stereocenters. The van der Waals surface area contributed by atoms with Crippen LogP contribution in [0.2, 0.25) is 5.02 Å². The summed E-state index contributed by atoms with van der Waals surface area (Å²) in [5.41, 5.74) is 4.33. The molecule has 1 aromatic heterocycles. The fourth-order valence-corrected chi connectivity index (χ4v) is 3.69. The molecule has 1 N–H and O–H groups in total. The van der Waals surface area contributed by atoms with E-state index in [-0.39, 0.29) is 11.9 Å². The minimum atomic E-state index is -0.172. The van der Waals surface area contributed by atoms with Crippen molar-refractivity contribution in [1.82, 2.24) is 20.0 Å². The van der Waals surface area contributed by atoms with Gasteiger partial charge in [0.25, 0.3) is 0 Å². The van der Waals surface area contributed by atoms with Gasteiger partial charge in [-0.2, -0.15) is 5.10 Å². The van der Waals surface area contributed by atoms with Gasteiger partial charge in [0.1, 0.15) is 0 Å². The summed E-state index contributed by atoms with van der Waals surface area (Å²) in [7, 11) is 1.90. The molecule has 1 fully saturated rings. The Morgan fingerprint density at radius 1 is 1.32 bits per heavy atom. The zero-order valence-corrected chi connectivity index (χ0v) is 15.4. The normalized spacial score (nSPS) is 20.4. The number of hydrogen-bond acceptors (Lipinski definition) is 3. The van der Waals surface area contributed by atoms with Crippen LogP contribution in [0.3, 0.4) is 0 Å². The standard InChI is InChI=1S/C19H23ClN4O/c1-12-18(20)16(22-23(12)2)11-24-10-14-6-4-3-5-13(14)9-17(24)19(25)21-15-7-8-15/h3-6,15,17H,7-11H2,1-2H3,(H,21,25)/t17-/m1/s1. The topological polar surface area (TPSA) is 50.2 Å². The maximum Gasteiger partial charge on any atom is 0.237 e. The van der Waals surface area contributed by atoms with Crippen molar-refractivity contribution in [2.24, 2.45) is 7.05 Å². The number of halogens is 1. The minimum absolute atomic E-state index is 0.126. The number of benzene rings is 1. The Hall–Kier alpha value is -1.85. The molecule has 132 valence electrons. The summed E-state index contributed by atoms with van der Waals surface area (Å²) in [5, 5.41) is 8.40. The van der Waals surface area contributed by atoms with Crippen LogP contribution in [0.4, 0.5) is 0 Å². The quantitative estimate of drug-likeness (QED) is 0.914. The fourth-order valence-electron chi connectivity index (χ4n) is 3.47. The zero-order valence-electron chi connectivity index (χ0n) is 14.6. The average molecular weight is 359 g/mol. The Labute approximate surface area is 153 Å². The molecule has 2 aromatic rings. The largest absolute Gasteiger partial charge is 0.352 e. The first-order valence-electron chi connectivity index (χ1n) is 8.82. The number of rotatable bonds is 4. The Bertz CT molecular complexity index is 812. The van der Waals surface area contributed by atoms with E-state index >= 15 is 0 Å². The van der Waals surface area contributed by atoms with Crippen LogP contribution < -0.4 is 5.32 Å². The van der Waals surface area contributed by atoms with E-state index in [1.54, 1.807) is 4.68 Å². The van der Waals surface area contributed by atoms with E-state index in [1.807, 2.05) is 20.0 Å². The van der Waals surface area contributed by atoms with Gasteiger partial charge in [-0.3, -0.25) is 14.4 Å². The Kier molecular flexibility index (Phi) is 4.29.